The largest absolute Gasteiger partial charge is 0.496 e. The number of hydrogen-bond donors (Lipinski definition) is 2. The lowest BCUT2D eigenvalue weighted by Gasteiger charge is -2.20. The van der Waals surface area contributed by atoms with Crippen molar-refractivity contribution in [2.75, 3.05) is 7.11 Å². The van der Waals surface area contributed by atoms with Crippen molar-refractivity contribution in [1.29, 1.82) is 0 Å². The maximum atomic E-state index is 13.1. The molecule has 1 aromatic rings. The van der Waals surface area contributed by atoms with E-state index in [1.165, 1.54) is 19.2 Å². The van der Waals surface area contributed by atoms with Crippen LogP contribution in [0.1, 0.15) is 24.9 Å². The lowest BCUT2D eigenvalue weighted by atomic mass is 9.98. The molecule has 4 N–H and O–H groups in total. The van der Waals surface area contributed by atoms with E-state index in [9.17, 15) is 4.39 Å². The minimum absolute atomic E-state index is 0.194. The smallest absolute Gasteiger partial charge is 0.123 e. The Morgan fingerprint density at radius 3 is 2.60 bits per heavy atom. The molecule has 0 aliphatic rings. The molecule has 0 bridgehead atoms. The third-order valence-electron chi connectivity index (χ3n) is 2.48. The second-order valence-electron chi connectivity index (χ2n) is 3.48. The summed E-state index contributed by atoms with van der Waals surface area (Å²) in [7, 11) is 1.53. The Labute approximate surface area is 89.2 Å². The van der Waals surface area contributed by atoms with Gasteiger partial charge in [-0.25, -0.2) is 4.39 Å². The fraction of sp³-hybridized carbons (Fsp3) is 0.455. The van der Waals surface area contributed by atoms with E-state index in [1.54, 1.807) is 6.07 Å². The zero-order valence-corrected chi connectivity index (χ0v) is 9.03. The van der Waals surface area contributed by atoms with E-state index in [1.807, 2.05) is 6.92 Å². The molecule has 1 rings (SSSR count). The van der Waals surface area contributed by atoms with Gasteiger partial charge in [0.05, 0.1) is 7.11 Å². The van der Waals surface area contributed by atoms with E-state index in [4.69, 9.17) is 16.2 Å². The molecule has 2 unspecified atom stereocenters. The molecule has 0 aliphatic carbocycles. The molecule has 84 valence electrons. The standard InChI is InChI=1S/C11H17FN2O/c1-3-9(13)11(14)8-6-7(12)4-5-10(8)15-2/h4-6,9,11H,3,13-14H2,1-2H3. The van der Waals surface area contributed by atoms with Gasteiger partial charge in [0.1, 0.15) is 11.6 Å². The number of benzene rings is 1. The van der Waals surface area contributed by atoms with Crippen LogP contribution in [-0.4, -0.2) is 13.2 Å². The molecular formula is C11H17FN2O. The Morgan fingerprint density at radius 1 is 1.40 bits per heavy atom. The maximum Gasteiger partial charge on any atom is 0.123 e. The fourth-order valence-electron chi connectivity index (χ4n) is 1.45. The number of halogens is 1. The van der Waals surface area contributed by atoms with E-state index < -0.39 is 6.04 Å². The van der Waals surface area contributed by atoms with Gasteiger partial charge in [-0.1, -0.05) is 6.92 Å². The predicted octanol–water partition coefficient (Wildman–Crippen LogP) is 1.57. The van der Waals surface area contributed by atoms with Crippen molar-refractivity contribution in [3.63, 3.8) is 0 Å². The molecule has 0 fully saturated rings. The number of hydrogen-bond acceptors (Lipinski definition) is 3. The van der Waals surface area contributed by atoms with Crippen molar-refractivity contribution in [1.82, 2.24) is 0 Å². The highest BCUT2D eigenvalue weighted by molar-refractivity contribution is 5.37. The van der Waals surface area contributed by atoms with Crippen molar-refractivity contribution in [2.45, 2.75) is 25.4 Å². The summed E-state index contributed by atoms with van der Waals surface area (Å²) in [6.07, 6.45) is 0.737. The molecule has 0 aliphatic heterocycles. The van der Waals surface area contributed by atoms with Gasteiger partial charge in [-0.2, -0.15) is 0 Å². The summed E-state index contributed by atoms with van der Waals surface area (Å²) in [6, 6.07) is 3.68. The van der Waals surface area contributed by atoms with Crippen LogP contribution in [0.3, 0.4) is 0 Å². The zero-order chi connectivity index (χ0) is 11.4. The van der Waals surface area contributed by atoms with Crippen LogP contribution in [0.5, 0.6) is 5.75 Å². The van der Waals surface area contributed by atoms with Crippen molar-refractivity contribution in [3.8, 4) is 5.75 Å². The third kappa shape index (κ3) is 2.67. The average Bonchev–Trinajstić information content (AvgIpc) is 2.27. The highest BCUT2D eigenvalue weighted by Gasteiger charge is 2.18. The second-order valence-corrected chi connectivity index (χ2v) is 3.48. The minimum atomic E-state index is -0.402. The van der Waals surface area contributed by atoms with Gasteiger partial charge in [-0.05, 0) is 24.6 Å². The van der Waals surface area contributed by atoms with E-state index in [0.29, 0.717) is 11.3 Å². The molecule has 4 heteroatoms. The predicted molar refractivity (Wildman–Crippen MR) is 58.1 cm³/mol. The van der Waals surface area contributed by atoms with E-state index in [2.05, 4.69) is 0 Å². The summed E-state index contributed by atoms with van der Waals surface area (Å²) < 4.78 is 18.2. The highest BCUT2D eigenvalue weighted by atomic mass is 19.1. The van der Waals surface area contributed by atoms with Crippen LogP contribution in [0.15, 0.2) is 18.2 Å². The summed E-state index contributed by atoms with van der Waals surface area (Å²) in [5, 5.41) is 0. The maximum absolute atomic E-state index is 13.1. The molecule has 3 nitrogen and oxygen atoms in total. The number of rotatable bonds is 4. The molecule has 1 aromatic carbocycles. The van der Waals surface area contributed by atoms with Crippen LogP contribution in [0.25, 0.3) is 0 Å². The first kappa shape index (κ1) is 11.9. The molecule has 0 saturated heterocycles. The van der Waals surface area contributed by atoms with Gasteiger partial charge in [-0.15, -0.1) is 0 Å². The number of ether oxygens (including phenoxy) is 1. The molecule has 0 amide bonds. The molecule has 0 heterocycles. The number of nitrogens with two attached hydrogens (primary N) is 2. The summed E-state index contributed by atoms with van der Waals surface area (Å²) >= 11 is 0. The summed E-state index contributed by atoms with van der Waals surface area (Å²) in [5.41, 5.74) is 12.4. The Hall–Kier alpha value is -1.13. The minimum Gasteiger partial charge on any atom is -0.496 e. The molecule has 2 atom stereocenters. The summed E-state index contributed by atoms with van der Waals surface area (Å²) in [4.78, 5) is 0. The van der Waals surface area contributed by atoms with Gasteiger partial charge in [0.15, 0.2) is 0 Å². The number of methoxy groups -OCH3 is 1. The van der Waals surface area contributed by atoms with Gasteiger partial charge in [-0.3, -0.25) is 0 Å². The van der Waals surface area contributed by atoms with Crippen LogP contribution in [-0.2, 0) is 0 Å². The van der Waals surface area contributed by atoms with Crippen molar-refractivity contribution < 1.29 is 9.13 Å². The normalized spacial score (nSPS) is 14.7. The lowest BCUT2D eigenvalue weighted by molar-refractivity contribution is 0.397. The lowest BCUT2D eigenvalue weighted by Crippen LogP contribution is -2.33. The van der Waals surface area contributed by atoms with E-state index >= 15 is 0 Å². The Morgan fingerprint density at radius 2 is 2.07 bits per heavy atom. The molecule has 15 heavy (non-hydrogen) atoms. The Bertz CT molecular complexity index is 330. The van der Waals surface area contributed by atoms with Crippen LogP contribution >= 0.6 is 0 Å². The van der Waals surface area contributed by atoms with Gasteiger partial charge in [0.2, 0.25) is 0 Å². The highest BCUT2D eigenvalue weighted by Crippen LogP contribution is 2.26. The van der Waals surface area contributed by atoms with Crippen LogP contribution < -0.4 is 16.2 Å². The first-order valence-corrected chi connectivity index (χ1v) is 4.94. The fourth-order valence-corrected chi connectivity index (χ4v) is 1.45. The molecular weight excluding hydrogens is 195 g/mol. The first-order chi connectivity index (χ1) is 7.10. The van der Waals surface area contributed by atoms with Gasteiger partial charge in [0.25, 0.3) is 0 Å². The van der Waals surface area contributed by atoms with E-state index in [0.717, 1.165) is 6.42 Å². The van der Waals surface area contributed by atoms with Crippen LogP contribution in [0.4, 0.5) is 4.39 Å². The quantitative estimate of drug-likeness (QED) is 0.796. The molecule has 0 spiro atoms. The SMILES string of the molecule is CCC(N)C(N)c1cc(F)ccc1OC. The molecule has 0 aromatic heterocycles. The molecule has 0 saturated carbocycles. The van der Waals surface area contributed by atoms with Gasteiger partial charge >= 0.3 is 0 Å². The average molecular weight is 212 g/mol. The molecule has 0 radical (unpaired) electrons. The van der Waals surface area contributed by atoms with Crippen molar-refractivity contribution >= 4 is 0 Å². The summed E-state index contributed by atoms with van der Waals surface area (Å²) in [5.74, 6) is 0.248. The Kier molecular flexibility index (Phi) is 4.05. The zero-order valence-electron chi connectivity index (χ0n) is 9.03. The summed E-state index contributed by atoms with van der Waals surface area (Å²) in [6.45, 7) is 1.94. The monoisotopic (exact) mass is 212 g/mol. The van der Waals surface area contributed by atoms with Gasteiger partial charge in [0, 0.05) is 17.6 Å². The topological polar surface area (TPSA) is 61.3 Å². The van der Waals surface area contributed by atoms with Crippen LogP contribution in [0.2, 0.25) is 0 Å². The second kappa shape index (κ2) is 5.09. The van der Waals surface area contributed by atoms with Crippen LogP contribution in [0, 0.1) is 5.82 Å². The van der Waals surface area contributed by atoms with Crippen molar-refractivity contribution in [2.24, 2.45) is 11.5 Å². The third-order valence-corrected chi connectivity index (χ3v) is 2.48. The van der Waals surface area contributed by atoms with Crippen molar-refractivity contribution in [3.05, 3.63) is 29.6 Å². The first-order valence-electron chi connectivity index (χ1n) is 4.94. The van der Waals surface area contributed by atoms with Gasteiger partial charge < -0.3 is 16.2 Å². The van der Waals surface area contributed by atoms with E-state index in [-0.39, 0.29) is 11.9 Å². The Balaban J connectivity index is 3.05.